The Morgan fingerprint density at radius 1 is 1.47 bits per heavy atom. The van der Waals surface area contributed by atoms with Crippen molar-refractivity contribution in [1.29, 1.82) is 0 Å². The number of nitrogens with one attached hydrogen (secondary N) is 1. The van der Waals surface area contributed by atoms with Crippen LogP contribution >= 0.6 is 11.6 Å². The zero-order chi connectivity index (χ0) is 11.4. The molecule has 0 fully saturated rings. The van der Waals surface area contributed by atoms with Gasteiger partial charge in [-0.1, -0.05) is 17.7 Å². The molecule has 2 amide bonds. The van der Waals surface area contributed by atoms with Gasteiger partial charge in [-0.3, -0.25) is 5.32 Å². The molecule has 1 rings (SSSR count). The Morgan fingerprint density at radius 2 is 2.13 bits per heavy atom. The van der Waals surface area contributed by atoms with Crippen LogP contribution in [0.25, 0.3) is 0 Å². The number of nitrogens with two attached hydrogens (primary N) is 2. The minimum atomic E-state index is -0.754. The number of halogens is 1. The number of hydrogen-bond acceptors (Lipinski definition) is 2. The van der Waals surface area contributed by atoms with Gasteiger partial charge in [0.15, 0.2) is 0 Å². The van der Waals surface area contributed by atoms with Gasteiger partial charge in [0.1, 0.15) is 0 Å². The number of primary amides is 1. The Labute approximate surface area is 92.1 Å². The van der Waals surface area contributed by atoms with Gasteiger partial charge < -0.3 is 11.5 Å². The molecule has 0 bridgehead atoms. The summed E-state index contributed by atoms with van der Waals surface area (Å²) in [5.74, 6) is -0.0622. The van der Waals surface area contributed by atoms with E-state index in [2.05, 4.69) is 10.3 Å². The molecular weight excluding hydrogens is 216 g/mol. The third kappa shape index (κ3) is 3.47. The second-order valence-electron chi connectivity index (χ2n) is 2.92. The first-order valence-electron chi connectivity index (χ1n) is 4.16. The lowest BCUT2D eigenvalue weighted by Gasteiger charge is -2.03. The number of urea groups is 1. The number of carbonyl (C=O) groups excluding carboxylic acids is 1. The van der Waals surface area contributed by atoms with Gasteiger partial charge in [-0.15, -0.1) is 0 Å². The number of amides is 2. The lowest BCUT2D eigenvalue weighted by molar-refractivity contribution is 0.253. The summed E-state index contributed by atoms with van der Waals surface area (Å²) in [7, 11) is 0. The summed E-state index contributed by atoms with van der Waals surface area (Å²) in [5, 5.41) is 2.71. The van der Waals surface area contributed by atoms with Crippen molar-refractivity contribution in [3.05, 3.63) is 28.8 Å². The number of benzene rings is 1. The summed E-state index contributed by atoms with van der Waals surface area (Å²) in [6, 6.07) is 4.44. The van der Waals surface area contributed by atoms with Crippen LogP contribution in [0.5, 0.6) is 0 Å². The summed E-state index contributed by atoms with van der Waals surface area (Å²) >= 11 is 5.78. The Hall–Kier alpha value is -1.75. The molecule has 0 unspecified atom stereocenters. The Bertz CT molecular complexity index is 417. The van der Waals surface area contributed by atoms with Crippen molar-refractivity contribution in [2.75, 3.05) is 0 Å². The van der Waals surface area contributed by atoms with Crippen LogP contribution in [0.1, 0.15) is 5.56 Å². The fourth-order valence-electron chi connectivity index (χ4n) is 0.987. The molecule has 6 heteroatoms. The highest BCUT2D eigenvalue weighted by Gasteiger charge is 2.00. The third-order valence-corrected chi connectivity index (χ3v) is 1.90. The van der Waals surface area contributed by atoms with Crippen LogP contribution in [0, 0.1) is 6.92 Å². The standard InChI is InChI=1S/C9H11ClN4O/c1-5-2-3-6(10)4-7(5)13-8(11)14-9(12)15/h2-4H,1H3,(H5,11,12,13,14,15). The molecular formula is C9H11ClN4O. The summed E-state index contributed by atoms with van der Waals surface area (Å²) in [6.07, 6.45) is 0. The molecule has 80 valence electrons. The van der Waals surface area contributed by atoms with Gasteiger partial charge in [0.2, 0.25) is 5.96 Å². The van der Waals surface area contributed by atoms with E-state index in [0.717, 1.165) is 5.56 Å². The molecule has 0 aliphatic carbocycles. The number of carbonyl (C=O) groups is 1. The van der Waals surface area contributed by atoms with E-state index in [0.29, 0.717) is 10.7 Å². The van der Waals surface area contributed by atoms with Gasteiger partial charge in [0.05, 0.1) is 5.69 Å². The van der Waals surface area contributed by atoms with Gasteiger partial charge in [0, 0.05) is 5.02 Å². The van der Waals surface area contributed by atoms with E-state index in [1.54, 1.807) is 18.2 Å². The fraction of sp³-hybridized carbons (Fsp3) is 0.111. The molecule has 1 aromatic carbocycles. The van der Waals surface area contributed by atoms with Gasteiger partial charge in [-0.25, -0.2) is 9.79 Å². The first-order valence-corrected chi connectivity index (χ1v) is 4.53. The SMILES string of the molecule is Cc1ccc(Cl)cc1N=C(N)NC(N)=O. The van der Waals surface area contributed by atoms with E-state index < -0.39 is 6.03 Å². The Kier molecular flexibility index (Phi) is 3.51. The predicted octanol–water partition coefficient (Wildman–Crippen LogP) is 1.26. The lowest BCUT2D eigenvalue weighted by atomic mass is 10.2. The fourth-order valence-corrected chi connectivity index (χ4v) is 1.15. The quantitative estimate of drug-likeness (QED) is 0.497. The van der Waals surface area contributed by atoms with E-state index in [4.69, 9.17) is 23.1 Å². The molecule has 15 heavy (non-hydrogen) atoms. The van der Waals surface area contributed by atoms with E-state index in [9.17, 15) is 4.79 Å². The van der Waals surface area contributed by atoms with Crippen LogP contribution < -0.4 is 16.8 Å². The number of aryl methyl sites for hydroxylation is 1. The number of guanidine groups is 1. The summed E-state index contributed by atoms with van der Waals surface area (Å²) < 4.78 is 0. The molecule has 0 aliphatic heterocycles. The molecule has 0 heterocycles. The zero-order valence-electron chi connectivity index (χ0n) is 8.12. The highest BCUT2D eigenvalue weighted by Crippen LogP contribution is 2.22. The first-order chi connectivity index (χ1) is 6.99. The molecule has 0 aliphatic rings. The zero-order valence-corrected chi connectivity index (χ0v) is 8.88. The maximum absolute atomic E-state index is 10.5. The number of rotatable bonds is 1. The molecule has 0 saturated carbocycles. The number of hydrogen-bond donors (Lipinski definition) is 3. The van der Waals surface area contributed by atoms with E-state index >= 15 is 0 Å². The maximum atomic E-state index is 10.5. The maximum Gasteiger partial charge on any atom is 0.318 e. The molecule has 0 radical (unpaired) electrons. The Morgan fingerprint density at radius 3 is 2.73 bits per heavy atom. The van der Waals surface area contributed by atoms with Gasteiger partial charge in [0.25, 0.3) is 0 Å². The number of aliphatic imine (C=N–C) groups is 1. The average molecular weight is 227 g/mol. The second kappa shape index (κ2) is 4.65. The van der Waals surface area contributed by atoms with Crippen molar-refractivity contribution in [3.63, 3.8) is 0 Å². The van der Waals surface area contributed by atoms with Crippen molar-refractivity contribution in [1.82, 2.24) is 5.32 Å². The third-order valence-electron chi connectivity index (χ3n) is 1.66. The van der Waals surface area contributed by atoms with Crippen molar-refractivity contribution in [2.45, 2.75) is 6.92 Å². The smallest absolute Gasteiger partial charge is 0.318 e. The van der Waals surface area contributed by atoms with Crippen molar-refractivity contribution < 1.29 is 4.79 Å². The van der Waals surface area contributed by atoms with Crippen molar-refractivity contribution >= 4 is 29.3 Å². The highest BCUT2D eigenvalue weighted by atomic mass is 35.5. The van der Waals surface area contributed by atoms with Gasteiger partial charge in [-0.05, 0) is 24.6 Å². The minimum absolute atomic E-state index is 0.0622. The van der Waals surface area contributed by atoms with E-state index in [1.807, 2.05) is 6.92 Å². The molecule has 5 nitrogen and oxygen atoms in total. The Balaban J connectivity index is 2.96. The van der Waals surface area contributed by atoms with Gasteiger partial charge in [-0.2, -0.15) is 0 Å². The molecule has 0 aromatic heterocycles. The normalized spacial score (nSPS) is 11.2. The summed E-state index contributed by atoms with van der Waals surface area (Å²) in [5.41, 5.74) is 11.8. The summed E-state index contributed by atoms with van der Waals surface area (Å²) in [6.45, 7) is 1.85. The van der Waals surface area contributed by atoms with Crippen molar-refractivity contribution in [2.24, 2.45) is 16.5 Å². The van der Waals surface area contributed by atoms with E-state index in [1.165, 1.54) is 0 Å². The van der Waals surface area contributed by atoms with Crippen molar-refractivity contribution in [3.8, 4) is 0 Å². The first kappa shape index (κ1) is 11.3. The summed E-state index contributed by atoms with van der Waals surface area (Å²) in [4.78, 5) is 14.4. The monoisotopic (exact) mass is 226 g/mol. The van der Waals surface area contributed by atoms with Crippen LogP contribution in [0.15, 0.2) is 23.2 Å². The van der Waals surface area contributed by atoms with E-state index in [-0.39, 0.29) is 5.96 Å². The minimum Gasteiger partial charge on any atom is -0.369 e. The van der Waals surface area contributed by atoms with Crippen LogP contribution in [-0.4, -0.2) is 12.0 Å². The van der Waals surface area contributed by atoms with Crippen LogP contribution in [0.2, 0.25) is 5.02 Å². The highest BCUT2D eigenvalue weighted by molar-refractivity contribution is 6.30. The molecule has 0 saturated heterocycles. The topological polar surface area (TPSA) is 93.5 Å². The number of nitrogens with zero attached hydrogens (tertiary/aromatic N) is 1. The van der Waals surface area contributed by atoms with Crippen LogP contribution in [0.4, 0.5) is 10.5 Å². The second-order valence-corrected chi connectivity index (χ2v) is 3.35. The van der Waals surface area contributed by atoms with Crippen LogP contribution in [0.3, 0.4) is 0 Å². The molecule has 5 N–H and O–H groups in total. The lowest BCUT2D eigenvalue weighted by Crippen LogP contribution is -2.39. The van der Waals surface area contributed by atoms with Gasteiger partial charge >= 0.3 is 6.03 Å². The molecule has 0 spiro atoms. The predicted molar refractivity (Wildman–Crippen MR) is 60.2 cm³/mol. The average Bonchev–Trinajstić information content (AvgIpc) is 2.10. The van der Waals surface area contributed by atoms with Crippen LogP contribution in [-0.2, 0) is 0 Å². The molecule has 1 aromatic rings. The molecule has 0 atom stereocenters. The largest absolute Gasteiger partial charge is 0.369 e.